The number of halogens is 2. The van der Waals surface area contributed by atoms with Gasteiger partial charge in [-0.3, -0.25) is 14.6 Å². The van der Waals surface area contributed by atoms with Crippen LogP contribution in [-0.4, -0.2) is 48.2 Å². The quantitative estimate of drug-likeness (QED) is 0.312. The first kappa shape index (κ1) is 25.9. The van der Waals surface area contributed by atoms with Gasteiger partial charge in [-0.25, -0.2) is 4.98 Å². The van der Waals surface area contributed by atoms with E-state index in [9.17, 15) is 9.59 Å². The number of nitrogens with two attached hydrogens (primary N) is 1. The van der Waals surface area contributed by atoms with E-state index in [-0.39, 0.29) is 11.6 Å². The van der Waals surface area contributed by atoms with Crippen molar-refractivity contribution in [2.45, 2.75) is 0 Å². The van der Waals surface area contributed by atoms with Crippen LogP contribution in [0.25, 0.3) is 28.0 Å². The van der Waals surface area contributed by atoms with Gasteiger partial charge in [0.05, 0.1) is 53.5 Å². The van der Waals surface area contributed by atoms with Gasteiger partial charge in [0.25, 0.3) is 0 Å². The monoisotopic (exact) mass is 536 g/mol. The third kappa shape index (κ3) is 5.35. The van der Waals surface area contributed by atoms with Crippen molar-refractivity contribution in [1.82, 2.24) is 14.9 Å². The highest BCUT2D eigenvalue weighted by molar-refractivity contribution is 6.38. The van der Waals surface area contributed by atoms with Crippen molar-refractivity contribution in [1.29, 1.82) is 0 Å². The molecular weight excluding hydrogens is 515 g/mol. The van der Waals surface area contributed by atoms with Gasteiger partial charge in [-0.05, 0) is 24.3 Å². The number of ether oxygens (including phenoxy) is 2. The van der Waals surface area contributed by atoms with Crippen molar-refractivity contribution in [3.05, 3.63) is 93.8 Å². The molecule has 0 saturated carbocycles. The average molecular weight is 537 g/mol. The number of rotatable bonds is 8. The molecule has 1 aliphatic rings. The number of carbonyl (C=O) groups is 2. The highest BCUT2D eigenvalue weighted by Gasteiger charge is 2.20. The summed E-state index contributed by atoms with van der Waals surface area (Å²) in [6.45, 7) is 0.388. The van der Waals surface area contributed by atoms with E-state index >= 15 is 0 Å². The first-order valence-corrected chi connectivity index (χ1v) is 11.7. The van der Waals surface area contributed by atoms with Gasteiger partial charge in [-0.1, -0.05) is 41.4 Å². The Labute approximate surface area is 223 Å². The van der Waals surface area contributed by atoms with E-state index < -0.39 is 0 Å². The molecular formula is C27H22Cl2N4O4. The van der Waals surface area contributed by atoms with Gasteiger partial charge in [-0.15, -0.1) is 0 Å². The van der Waals surface area contributed by atoms with E-state index in [1.165, 1.54) is 13.3 Å². The Morgan fingerprint density at radius 3 is 2.49 bits per heavy atom. The van der Waals surface area contributed by atoms with Crippen molar-refractivity contribution < 1.29 is 19.1 Å². The third-order valence-corrected chi connectivity index (χ3v) is 6.40. The summed E-state index contributed by atoms with van der Waals surface area (Å²) < 4.78 is 10.7. The molecule has 2 N–H and O–H groups in total. The molecule has 8 nitrogen and oxygen atoms in total. The second-order valence-electron chi connectivity index (χ2n) is 7.92. The fourth-order valence-electron chi connectivity index (χ4n) is 3.86. The summed E-state index contributed by atoms with van der Waals surface area (Å²) in [4.78, 5) is 32.9. The summed E-state index contributed by atoms with van der Waals surface area (Å²) >= 11 is 13.7. The maximum Gasteiger partial charge on any atom is 0.224 e. The number of hydrogen-bond acceptors (Lipinski definition) is 8. The Balaban J connectivity index is 1.81. The minimum Gasteiger partial charge on any atom is -0.499 e. The van der Waals surface area contributed by atoms with Crippen LogP contribution in [0.4, 0.5) is 0 Å². The molecule has 0 spiro atoms. The predicted octanol–water partition coefficient (Wildman–Crippen LogP) is 5.12. The van der Waals surface area contributed by atoms with Gasteiger partial charge in [0.2, 0.25) is 5.88 Å². The SMILES string of the molecule is COC1=CC(c2nccc(-c3cccc(-c4ccc(C=O)c(OC)n4)c3Cl)c2Cl)=CN(/C=C(\N)C=O)C1. The Kier molecular flexibility index (Phi) is 7.91. The summed E-state index contributed by atoms with van der Waals surface area (Å²) in [7, 11) is 3.00. The lowest BCUT2D eigenvalue weighted by atomic mass is 9.99. The topological polar surface area (TPSA) is 108 Å². The molecule has 0 atom stereocenters. The fourth-order valence-corrected chi connectivity index (χ4v) is 4.51. The van der Waals surface area contributed by atoms with Crippen molar-refractivity contribution in [2.75, 3.05) is 20.8 Å². The molecule has 0 unspecified atom stereocenters. The molecule has 0 fully saturated rings. The molecule has 4 rings (SSSR count). The number of aldehydes is 2. The number of hydrogen-bond donors (Lipinski definition) is 1. The summed E-state index contributed by atoms with van der Waals surface area (Å²) in [6.07, 6.45) is 7.99. The summed E-state index contributed by atoms with van der Waals surface area (Å²) in [5, 5.41) is 0.791. The molecule has 188 valence electrons. The number of benzene rings is 1. The molecule has 1 aliphatic heterocycles. The molecule has 10 heteroatoms. The molecule has 1 aromatic carbocycles. The van der Waals surface area contributed by atoms with Crippen LogP contribution in [0, 0.1) is 0 Å². The number of carbonyl (C=O) groups excluding carboxylic acids is 2. The summed E-state index contributed by atoms with van der Waals surface area (Å²) in [5.74, 6) is 0.839. The van der Waals surface area contributed by atoms with Crippen LogP contribution in [-0.2, 0) is 9.53 Å². The van der Waals surface area contributed by atoms with E-state index in [0.29, 0.717) is 74.1 Å². The van der Waals surface area contributed by atoms with Crippen LogP contribution in [0.1, 0.15) is 16.1 Å². The number of methoxy groups -OCH3 is 2. The molecule has 0 bridgehead atoms. The second-order valence-corrected chi connectivity index (χ2v) is 8.68. The number of allylic oxidation sites excluding steroid dienone is 3. The lowest BCUT2D eigenvalue weighted by Gasteiger charge is -2.24. The van der Waals surface area contributed by atoms with Crippen LogP contribution in [0.3, 0.4) is 0 Å². The number of nitrogens with zero attached hydrogens (tertiary/aromatic N) is 3. The minimum absolute atomic E-state index is 0.0655. The molecule has 3 aromatic rings. The first-order chi connectivity index (χ1) is 17.9. The third-order valence-electron chi connectivity index (χ3n) is 5.61. The van der Waals surface area contributed by atoms with Crippen LogP contribution >= 0.6 is 23.2 Å². The zero-order chi connectivity index (χ0) is 26.5. The van der Waals surface area contributed by atoms with Gasteiger partial charge in [0.1, 0.15) is 5.76 Å². The van der Waals surface area contributed by atoms with Gasteiger partial charge >= 0.3 is 0 Å². The molecule has 0 saturated heterocycles. The molecule has 3 heterocycles. The average Bonchev–Trinajstić information content (AvgIpc) is 2.92. The first-order valence-electron chi connectivity index (χ1n) is 11.0. The standard InChI is InChI=1S/C27H22Cl2N4O4/c1-36-19-10-17(11-33(13-19)12-18(30)15-35)26-25(29)21(8-9-31-26)20-4-3-5-22(24(20)28)23-7-6-16(14-34)27(32-23)37-2/h3-12,14-15H,13,30H2,1-2H3/b18-12-. The maximum atomic E-state index is 11.3. The van der Waals surface area contributed by atoms with E-state index in [2.05, 4.69) is 9.97 Å². The largest absolute Gasteiger partial charge is 0.499 e. The van der Waals surface area contributed by atoms with Gasteiger partial charge in [-0.2, -0.15) is 0 Å². The molecule has 0 radical (unpaired) electrons. The van der Waals surface area contributed by atoms with Crippen molar-refractivity contribution >= 4 is 41.3 Å². The van der Waals surface area contributed by atoms with E-state index in [1.54, 1.807) is 42.6 Å². The van der Waals surface area contributed by atoms with Crippen LogP contribution in [0.15, 0.2) is 72.5 Å². The van der Waals surface area contributed by atoms with Gasteiger partial charge in [0.15, 0.2) is 12.6 Å². The zero-order valence-electron chi connectivity index (χ0n) is 19.9. The van der Waals surface area contributed by atoms with E-state index in [4.69, 9.17) is 38.4 Å². The van der Waals surface area contributed by atoms with Crippen LogP contribution < -0.4 is 10.5 Å². The maximum absolute atomic E-state index is 11.3. The molecule has 0 amide bonds. The summed E-state index contributed by atoms with van der Waals surface area (Å²) in [5.41, 5.74) is 9.76. The number of pyridine rings is 2. The zero-order valence-corrected chi connectivity index (χ0v) is 21.5. The van der Waals surface area contributed by atoms with Gasteiger partial charge < -0.3 is 20.1 Å². The molecule has 2 aromatic heterocycles. The van der Waals surface area contributed by atoms with Gasteiger partial charge in [0, 0.05) is 40.9 Å². The lowest BCUT2D eigenvalue weighted by molar-refractivity contribution is -0.105. The highest BCUT2D eigenvalue weighted by Crippen LogP contribution is 2.41. The Morgan fingerprint density at radius 1 is 1.03 bits per heavy atom. The second kappa shape index (κ2) is 11.3. The van der Waals surface area contributed by atoms with Crippen LogP contribution in [0.2, 0.25) is 10.0 Å². The predicted molar refractivity (Wildman–Crippen MR) is 143 cm³/mol. The van der Waals surface area contributed by atoms with Crippen molar-refractivity contribution in [3.63, 3.8) is 0 Å². The van der Waals surface area contributed by atoms with E-state index in [1.807, 2.05) is 24.3 Å². The molecule has 37 heavy (non-hydrogen) atoms. The Hall–Kier alpha value is -4.14. The lowest BCUT2D eigenvalue weighted by Crippen LogP contribution is -2.21. The smallest absolute Gasteiger partial charge is 0.224 e. The Bertz CT molecular complexity index is 1470. The van der Waals surface area contributed by atoms with Crippen LogP contribution in [0.5, 0.6) is 5.88 Å². The van der Waals surface area contributed by atoms with Crippen molar-refractivity contribution in [3.8, 4) is 28.3 Å². The molecule has 0 aliphatic carbocycles. The fraction of sp³-hybridized carbons (Fsp3) is 0.111. The number of aromatic nitrogens is 2. The minimum atomic E-state index is 0.0655. The normalized spacial score (nSPS) is 13.5. The van der Waals surface area contributed by atoms with Crippen molar-refractivity contribution in [2.24, 2.45) is 5.73 Å². The Morgan fingerprint density at radius 2 is 1.78 bits per heavy atom. The van der Waals surface area contributed by atoms with E-state index in [0.717, 1.165) is 0 Å². The highest BCUT2D eigenvalue weighted by atomic mass is 35.5. The summed E-state index contributed by atoms with van der Waals surface area (Å²) in [6, 6.07) is 10.6.